The number of phenolic OH excluding ortho intramolecular Hbond substituents is 2. The molecule has 4 nitrogen and oxygen atoms in total. The normalized spacial score (nSPS) is 12.8. The number of nitrogens with zero attached hydrogens (tertiary/aromatic N) is 1. The summed E-state index contributed by atoms with van der Waals surface area (Å²) in [6.45, 7) is 10.5. The third-order valence-electron chi connectivity index (χ3n) is 3.75. The van der Waals surface area contributed by atoms with E-state index in [4.69, 9.17) is 0 Å². The summed E-state index contributed by atoms with van der Waals surface area (Å²) in [6.07, 6.45) is 2.28. The second-order valence-corrected chi connectivity index (χ2v) is 5.24. The second kappa shape index (κ2) is 8.82. The SMILES string of the molecule is CCN(CC)CCCC(C)NCc1cccc(O)c1O. The molecule has 1 aromatic rings. The van der Waals surface area contributed by atoms with E-state index in [1.165, 1.54) is 12.5 Å². The van der Waals surface area contributed by atoms with Crippen molar-refractivity contribution >= 4 is 0 Å². The molecule has 0 saturated heterocycles. The zero-order chi connectivity index (χ0) is 15.0. The van der Waals surface area contributed by atoms with Gasteiger partial charge in [0.2, 0.25) is 0 Å². The fourth-order valence-electron chi connectivity index (χ4n) is 2.27. The van der Waals surface area contributed by atoms with Crippen molar-refractivity contribution < 1.29 is 10.2 Å². The standard InChI is InChI=1S/C16H28N2O2/c1-4-18(5-2)11-7-8-13(3)17-12-14-9-6-10-15(19)16(14)20/h6,9-10,13,17,19-20H,4-5,7-8,11-12H2,1-3H3. The molecule has 0 spiro atoms. The maximum Gasteiger partial charge on any atom is 0.161 e. The summed E-state index contributed by atoms with van der Waals surface area (Å²) in [6, 6.07) is 5.46. The van der Waals surface area contributed by atoms with E-state index in [9.17, 15) is 10.2 Å². The molecule has 1 aromatic carbocycles. The van der Waals surface area contributed by atoms with Crippen LogP contribution in [0.25, 0.3) is 0 Å². The lowest BCUT2D eigenvalue weighted by molar-refractivity contribution is 0.290. The second-order valence-electron chi connectivity index (χ2n) is 5.24. The number of para-hydroxylation sites is 1. The van der Waals surface area contributed by atoms with Gasteiger partial charge in [-0.3, -0.25) is 0 Å². The summed E-state index contributed by atoms with van der Waals surface area (Å²) in [7, 11) is 0. The lowest BCUT2D eigenvalue weighted by Crippen LogP contribution is -2.28. The highest BCUT2D eigenvalue weighted by Crippen LogP contribution is 2.27. The summed E-state index contributed by atoms with van der Waals surface area (Å²) < 4.78 is 0. The van der Waals surface area contributed by atoms with Crippen LogP contribution in [-0.4, -0.2) is 40.8 Å². The van der Waals surface area contributed by atoms with E-state index in [-0.39, 0.29) is 11.5 Å². The lowest BCUT2D eigenvalue weighted by atomic mass is 10.1. The minimum absolute atomic E-state index is 0.0182. The Hall–Kier alpha value is -1.26. The van der Waals surface area contributed by atoms with Gasteiger partial charge in [0.25, 0.3) is 0 Å². The summed E-state index contributed by atoms with van der Waals surface area (Å²) >= 11 is 0. The maximum absolute atomic E-state index is 9.73. The van der Waals surface area contributed by atoms with Crippen LogP contribution in [0.4, 0.5) is 0 Å². The Morgan fingerprint density at radius 2 is 1.90 bits per heavy atom. The Bertz CT molecular complexity index is 392. The summed E-state index contributed by atoms with van der Waals surface area (Å²) in [5.41, 5.74) is 0.737. The van der Waals surface area contributed by atoms with Gasteiger partial charge < -0.3 is 20.4 Å². The molecule has 0 aliphatic carbocycles. The van der Waals surface area contributed by atoms with Crippen molar-refractivity contribution in [1.29, 1.82) is 0 Å². The third kappa shape index (κ3) is 5.39. The van der Waals surface area contributed by atoms with Gasteiger partial charge in [0.15, 0.2) is 11.5 Å². The monoisotopic (exact) mass is 280 g/mol. The predicted octanol–water partition coefficient (Wildman–Crippen LogP) is 2.70. The minimum atomic E-state index is -0.0570. The fraction of sp³-hybridized carbons (Fsp3) is 0.625. The molecule has 0 aliphatic heterocycles. The van der Waals surface area contributed by atoms with Crippen LogP contribution in [0.3, 0.4) is 0 Å². The van der Waals surface area contributed by atoms with Crippen molar-refractivity contribution in [3.05, 3.63) is 23.8 Å². The van der Waals surface area contributed by atoms with E-state index in [1.54, 1.807) is 6.07 Å². The van der Waals surface area contributed by atoms with Gasteiger partial charge in [-0.25, -0.2) is 0 Å². The Morgan fingerprint density at radius 1 is 1.20 bits per heavy atom. The molecule has 1 unspecified atom stereocenters. The van der Waals surface area contributed by atoms with Gasteiger partial charge in [-0.1, -0.05) is 26.0 Å². The molecule has 0 saturated carbocycles. The summed E-state index contributed by atoms with van der Waals surface area (Å²) in [5.74, 6) is -0.0752. The van der Waals surface area contributed by atoms with Crippen molar-refractivity contribution in [3.63, 3.8) is 0 Å². The first-order chi connectivity index (χ1) is 9.58. The molecule has 0 fully saturated rings. The van der Waals surface area contributed by atoms with E-state index in [2.05, 4.69) is 31.0 Å². The highest BCUT2D eigenvalue weighted by molar-refractivity contribution is 5.44. The molecular formula is C16H28N2O2. The average Bonchev–Trinajstić information content (AvgIpc) is 2.45. The average molecular weight is 280 g/mol. The van der Waals surface area contributed by atoms with Crippen LogP contribution in [0.5, 0.6) is 11.5 Å². The first-order valence-electron chi connectivity index (χ1n) is 7.54. The summed E-state index contributed by atoms with van der Waals surface area (Å²) in [5, 5.41) is 22.6. The predicted molar refractivity (Wildman–Crippen MR) is 83.1 cm³/mol. The van der Waals surface area contributed by atoms with Crippen molar-refractivity contribution in [3.8, 4) is 11.5 Å². The van der Waals surface area contributed by atoms with Crippen LogP contribution in [0, 0.1) is 0 Å². The molecule has 0 bridgehead atoms. The molecule has 0 aromatic heterocycles. The lowest BCUT2D eigenvalue weighted by Gasteiger charge is -2.20. The van der Waals surface area contributed by atoms with Gasteiger partial charge in [0, 0.05) is 18.2 Å². The van der Waals surface area contributed by atoms with Crippen LogP contribution < -0.4 is 5.32 Å². The number of benzene rings is 1. The first kappa shape index (κ1) is 16.8. The third-order valence-corrected chi connectivity index (χ3v) is 3.75. The van der Waals surface area contributed by atoms with Gasteiger partial charge >= 0.3 is 0 Å². The number of nitrogens with one attached hydrogen (secondary N) is 1. The number of phenols is 2. The molecule has 4 heteroatoms. The molecule has 3 N–H and O–H groups in total. The zero-order valence-electron chi connectivity index (χ0n) is 12.9. The molecule has 0 heterocycles. The Balaban J connectivity index is 2.29. The number of aromatic hydroxyl groups is 2. The van der Waals surface area contributed by atoms with E-state index >= 15 is 0 Å². The van der Waals surface area contributed by atoms with Crippen LogP contribution in [-0.2, 0) is 6.54 Å². The quantitative estimate of drug-likeness (QED) is 0.609. The Morgan fingerprint density at radius 3 is 2.55 bits per heavy atom. The van der Waals surface area contributed by atoms with Crippen molar-refractivity contribution in [2.24, 2.45) is 0 Å². The van der Waals surface area contributed by atoms with Crippen molar-refractivity contribution in [1.82, 2.24) is 10.2 Å². The molecule has 20 heavy (non-hydrogen) atoms. The van der Waals surface area contributed by atoms with Crippen LogP contribution in [0.1, 0.15) is 39.2 Å². The maximum atomic E-state index is 9.73. The van der Waals surface area contributed by atoms with Crippen molar-refractivity contribution in [2.45, 2.75) is 46.2 Å². The van der Waals surface area contributed by atoms with E-state index in [0.29, 0.717) is 12.6 Å². The summed E-state index contributed by atoms with van der Waals surface area (Å²) in [4.78, 5) is 2.42. The van der Waals surface area contributed by atoms with Crippen molar-refractivity contribution in [2.75, 3.05) is 19.6 Å². The minimum Gasteiger partial charge on any atom is -0.504 e. The Kier molecular flexibility index (Phi) is 7.41. The molecule has 0 amide bonds. The highest BCUT2D eigenvalue weighted by Gasteiger charge is 2.08. The number of hydrogen-bond donors (Lipinski definition) is 3. The van der Waals surface area contributed by atoms with Crippen LogP contribution in [0.2, 0.25) is 0 Å². The highest BCUT2D eigenvalue weighted by atomic mass is 16.3. The molecular weight excluding hydrogens is 252 g/mol. The largest absolute Gasteiger partial charge is 0.504 e. The fourth-order valence-corrected chi connectivity index (χ4v) is 2.27. The molecule has 114 valence electrons. The molecule has 0 aliphatic rings. The Labute approximate surface area is 122 Å². The van der Waals surface area contributed by atoms with E-state index in [0.717, 1.165) is 31.6 Å². The van der Waals surface area contributed by atoms with E-state index in [1.807, 2.05) is 6.07 Å². The van der Waals surface area contributed by atoms with Gasteiger partial charge in [0.05, 0.1) is 0 Å². The van der Waals surface area contributed by atoms with Gasteiger partial charge in [-0.05, 0) is 45.5 Å². The smallest absolute Gasteiger partial charge is 0.161 e. The number of rotatable bonds is 9. The van der Waals surface area contributed by atoms with Crippen LogP contribution >= 0.6 is 0 Å². The molecule has 0 radical (unpaired) electrons. The molecule has 1 atom stereocenters. The van der Waals surface area contributed by atoms with Crippen LogP contribution in [0.15, 0.2) is 18.2 Å². The topological polar surface area (TPSA) is 55.7 Å². The van der Waals surface area contributed by atoms with Gasteiger partial charge in [0.1, 0.15) is 0 Å². The van der Waals surface area contributed by atoms with E-state index < -0.39 is 0 Å². The van der Waals surface area contributed by atoms with Gasteiger partial charge in [-0.2, -0.15) is 0 Å². The molecule has 1 rings (SSSR count). The first-order valence-corrected chi connectivity index (χ1v) is 7.54. The van der Waals surface area contributed by atoms with Gasteiger partial charge in [-0.15, -0.1) is 0 Å². The zero-order valence-corrected chi connectivity index (χ0v) is 12.9. The number of hydrogen-bond acceptors (Lipinski definition) is 4.